The number of halogens is 1. The van der Waals surface area contributed by atoms with E-state index in [2.05, 4.69) is 19.9 Å². The SMILES string of the molecule is CN(C)c1nc(Cl)nc(Cc2nccn2C)n1. The molecule has 0 spiro atoms. The van der Waals surface area contributed by atoms with Gasteiger partial charge < -0.3 is 9.47 Å². The third-order valence-electron chi connectivity index (χ3n) is 2.28. The smallest absolute Gasteiger partial charge is 0.229 e. The van der Waals surface area contributed by atoms with Crippen molar-refractivity contribution in [3.63, 3.8) is 0 Å². The molecule has 0 aliphatic rings. The second-order valence-corrected chi connectivity index (χ2v) is 4.18. The lowest BCUT2D eigenvalue weighted by Gasteiger charge is -2.10. The number of aryl methyl sites for hydroxylation is 1. The third kappa shape index (κ3) is 2.71. The van der Waals surface area contributed by atoms with E-state index < -0.39 is 0 Å². The molecule has 0 saturated carbocycles. The quantitative estimate of drug-likeness (QED) is 0.813. The minimum absolute atomic E-state index is 0.202. The molecule has 17 heavy (non-hydrogen) atoms. The molecular weight excluding hydrogens is 240 g/mol. The van der Waals surface area contributed by atoms with Gasteiger partial charge in [-0.05, 0) is 11.6 Å². The summed E-state index contributed by atoms with van der Waals surface area (Å²) in [7, 11) is 5.64. The number of hydrogen-bond donors (Lipinski definition) is 0. The van der Waals surface area contributed by atoms with E-state index in [9.17, 15) is 0 Å². The zero-order chi connectivity index (χ0) is 12.4. The van der Waals surface area contributed by atoms with Gasteiger partial charge in [-0.2, -0.15) is 9.97 Å². The van der Waals surface area contributed by atoms with Gasteiger partial charge in [0.1, 0.15) is 11.6 Å². The highest BCUT2D eigenvalue weighted by atomic mass is 35.5. The van der Waals surface area contributed by atoms with Crippen LogP contribution in [0.3, 0.4) is 0 Å². The first-order valence-corrected chi connectivity index (χ1v) is 5.48. The third-order valence-corrected chi connectivity index (χ3v) is 2.45. The molecule has 0 fully saturated rings. The molecule has 6 nitrogen and oxygen atoms in total. The molecule has 2 heterocycles. The first-order chi connectivity index (χ1) is 8.06. The Morgan fingerprint density at radius 2 is 2.06 bits per heavy atom. The largest absolute Gasteiger partial charge is 0.347 e. The van der Waals surface area contributed by atoms with Gasteiger partial charge in [0, 0.05) is 33.5 Å². The van der Waals surface area contributed by atoms with Crippen molar-refractivity contribution in [3.05, 3.63) is 29.3 Å². The Bertz CT molecular complexity index is 521. The van der Waals surface area contributed by atoms with Crippen LogP contribution in [0.5, 0.6) is 0 Å². The molecule has 0 aromatic carbocycles. The summed E-state index contributed by atoms with van der Waals surface area (Å²) in [5.41, 5.74) is 0. The van der Waals surface area contributed by atoms with Crippen LogP contribution >= 0.6 is 11.6 Å². The van der Waals surface area contributed by atoms with Crippen molar-refractivity contribution >= 4 is 17.5 Å². The standard InChI is InChI=1S/C10H13ClN6/c1-16(2)10-14-7(13-9(11)15-10)6-8-12-4-5-17(8)3/h4-5H,6H2,1-3H3. The van der Waals surface area contributed by atoms with Crippen molar-refractivity contribution in [2.45, 2.75) is 6.42 Å². The van der Waals surface area contributed by atoms with Crippen molar-refractivity contribution in [3.8, 4) is 0 Å². The lowest BCUT2D eigenvalue weighted by Crippen LogP contribution is -2.15. The predicted molar refractivity (Wildman–Crippen MR) is 65.2 cm³/mol. The zero-order valence-electron chi connectivity index (χ0n) is 9.92. The van der Waals surface area contributed by atoms with Crippen LogP contribution < -0.4 is 4.90 Å². The van der Waals surface area contributed by atoms with Crippen LogP contribution in [0.1, 0.15) is 11.6 Å². The van der Waals surface area contributed by atoms with Crippen molar-refractivity contribution < 1.29 is 0 Å². The average molecular weight is 253 g/mol. The van der Waals surface area contributed by atoms with Gasteiger partial charge in [0.05, 0.1) is 6.42 Å². The maximum Gasteiger partial charge on any atom is 0.229 e. The number of imidazole rings is 1. The number of aromatic nitrogens is 5. The Labute approximate surface area is 104 Å². The lowest BCUT2D eigenvalue weighted by molar-refractivity contribution is 0.784. The molecule has 0 radical (unpaired) electrons. The average Bonchev–Trinajstić information content (AvgIpc) is 2.63. The normalized spacial score (nSPS) is 10.6. The number of hydrogen-bond acceptors (Lipinski definition) is 5. The molecule has 7 heteroatoms. The maximum absolute atomic E-state index is 5.86. The van der Waals surface area contributed by atoms with Crippen molar-refractivity contribution in [1.82, 2.24) is 24.5 Å². The van der Waals surface area contributed by atoms with Gasteiger partial charge in [-0.15, -0.1) is 0 Å². The first-order valence-electron chi connectivity index (χ1n) is 5.10. The molecule has 0 aliphatic heterocycles. The van der Waals surface area contributed by atoms with E-state index in [0.717, 1.165) is 5.82 Å². The Hall–Kier alpha value is -1.69. The first kappa shape index (κ1) is 11.8. The summed E-state index contributed by atoms with van der Waals surface area (Å²) in [6, 6.07) is 0. The number of anilines is 1. The van der Waals surface area contributed by atoms with Gasteiger partial charge in [0.25, 0.3) is 0 Å². The fourth-order valence-corrected chi connectivity index (χ4v) is 1.54. The summed E-state index contributed by atoms with van der Waals surface area (Å²) in [5.74, 6) is 2.05. The van der Waals surface area contributed by atoms with Gasteiger partial charge in [0.2, 0.25) is 11.2 Å². The molecule has 2 aromatic rings. The Morgan fingerprint density at radius 1 is 1.29 bits per heavy atom. The summed E-state index contributed by atoms with van der Waals surface area (Å²) < 4.78 is 1.92. The molecule has 0 atom stereocenters. The van der Waals surface area contributed by atoms with Crippen molar-refractivity contribution in [2.75, 3.05) is 19.0 Å². The Morgan fingerprint density at radius 3 is 2.65 bits per heavy atom. The molecule has 0 N–H and O–H groups in total. The highest BCUT2D eigenvalue weighted by Crippen LogP contribution is 2.10. The van der Waals surface area contributed by atoms with Crippen LogP contribution in [0.4, 0.5) is 5.95 Å². The minimum Gasteiger partial charge on any atom is -0.347 e. The number of rotatable bonds is 3. The summed E-state index contributed by atoms with van der Waals surface area (Å²) >= 11 is 5.86. The molecular formula is C10H13ClN6. The van der Waals surface area contributed by atoms with Crippen LogP contribution in [0, 0.1) is 0 Å². The summed E-state index contributed by atoms with van der Waals surface area (Å²) in [4.78, 5) is 18.4. The van der Waals surface area contributed by atoms with Crippen LogP contribution in [-0.2, 0) is 13.5 Å². The van der Waals surface area contributed by atoms with Gasteiger partial charge in [-0.1, -0.05) is 0 Å². The van der Waals surface area contributed by atoms with E-state index in [1.807, 2.05) is 31.9 Å². The second-order valence-electron chi connectivity index (χ2n) is 3.85. The molecule has 0 amide bonds. The molecule has 0 aliphatic carbocycles. The molecule has 2 rings (SSSR count). The van der Waals surface area contributed by atoms with Gasteiger partial charge in [-0.25, -0.2) is 9.97 Å². The van der Waals surface area contributed by atoms with E-state index in [0.29, 0.717) is 18.2 Å². The van der Waals surface area contributed by atoms with Gasteiger partial charge >= 0.3 is 0 Å². The second kappa shape index (κ2) is 4.67. The predicted octanol–water partition coefficient (Wildman–Crippen LogP) is 0.915. The molecule has 90 valence electrons. The van der Waals surface area contributed by atoms with E-state index in [1.54, 1.807) is 11.1 Å². The maximum atomic E-state index is 5.86. The van der Waals surface area contributed by atoms with Crippen molar-refractivity contribution in [2.24, 2.45) is 7.05 Å². The highest BCUT2D eigenvalue weighted by molar-refractivity contribution is 6.28. The van der Waals surface area contributed by atoms with Crippen LogP contribution in [0.2, 0.25) is 5.28 Å². The minimum atomic E-state index is 0.202. The summed E-state index contributed by atoms with van der Waals surface area (Å²) in [6.07, 6.45) is 4.16. The fraction of sp³-hybridized carbons (Fsp3) is 0.400. The van der Waals surface area contributed by atoms with Gasteiger partial charge in [-0.3, -0.25) is 0 Å². The van der Waals surface area contributed by atoms with E-state index in [4.69, 9.17) is 11.6 Å². The molecule has 0 saturated heterocycles. The Kier molecular flexibility index (Phi) is 3.23. The van der Waals surface area contributed by atoms with Gasteiger partial charge in [0.15, 0.2) is 0 Å². The topological polar surface area (TPSA) is 59.7 Å². The van der Waals surface area contributed by atoms with Crippen molar-refractivity contribution in [1.29, 1.82) is 0 Å². The zero-order valence-corrected chi connectivity index (χ0v) is 10.7. The van der Waals surface area contributed by atoms with Crippen LogP contribution in [-0.4, -0.2) is 38.6 Å². The van der Waals surface area contributed by atoms with Crippen LogP contribution in [0.25, 0.3) is 0 Å². The lowest BCUT2D eigenvalue weighted by atomic mass is 10.4. The van der Waals surface area contributed by atoms with E-state index in [1.165, 1.54) is 0 Å². The summed E-state index contributed by atoms with van der Waals surface area (Å²) in [6.45, 7) is 0. The molecule has 0 bridgehead atoms. The van der Waals surface area contributed by atoms with E-state index in [-0.39, 0.29) is 5.28 Å². The highest BCUT2D eigenvalue weighted by Gasteiger charge is 2.09. The Balaban J connectivity index is 2.30. The molecule has 0 unspecified atom stereocenters. The number of nitrogens with zero attached hydrogens (tertiary/aromatic N) is 6. The van der Waals surface area contributed by atoms with E-state index >= 15 is 0 Å². The molecule has 2 aromatic heterocycles. The summed E-state index contributed by atoms with van der Waals surface area (Å²) in [5, 5.41) is 0.202. The fourth-order valence-electron chi connectivity index (χ4n) is 1.37. The van der Waals surface area contributed by atoms with Crippen LogP contribution in [0.15, 0.2) is 12.4 Å². The monoisotopic (exact) mass is 252 g/mol.